The van der Waals surface area contributed by atoms with Crippen molar-refractivity contribution in [1.82, 2.24) is 4.90 Å². The molecular formula is C24H27BrClFN2O2. The molecule has 0 aromatic heterocycles. The SMILES string of the molecule is O=C1OCC(CCN2CCC(Cc3cc(F)ccc3Br)CC2)CN1c1ccc(Cl)cc1. The van der Waals surface area contributed by atoms with Gasteiger partial charge in [0.05, 0.1) is 6.61 Å². The van der Waals surface area contributed by atoms with Crippen LogP contribution in [0.1, 0.15) is 24.8 Å². The molecule has 31 heavy (non-hydrogen) atoms. The van der Waals surface area contributed by atoms with Crippen LogP contribution in [0.4, 0.5) is 14.9 Å². The van der Waals surface area contributed by atoms with Gasteiger partial charge in [-0.3, -0.25) is 4.90 Å². The van der Waals surface area contributed by atoms with Gasteiger partial charge in [0.25, 0.3) is 0 Å². The fourth-order valence-corrected chi connectivity index (χ4v) is 4.98. The molecule has 2 saturated heterocycles. The Balaban J connectivity index is 1.23. The number of amides is 1. The summed E-state index contributed by atoms with van der Waals surface area (Å²) in [5.74, 6) is 0.733. The predicted molar refractivity (Wildman–Crippen MR) is 125 cm³/mol. The van der Waals surface area contributed by atoms with Crippen LogP contribution < -0.4 is 4.90 Å². The topological polar surface area (TPSA) is 32.8 Å². The minimum atomic E-state index is -0.289. The summed E-state index contributed by atoms with van der Waals surface area (Å²) >= 11 is 9.51. The third-order valence-corrected chi connectivity index (χ3v) is 7.34. The van der Waals surface area contributed by atoms with E-state index in [-0.39, 0.29) is 11.9 Å². The summed E-state index contributed by atoms with van der Waals surface area (Å²) < 4.78 is 20.0. The van der Waals surface area contributed by atoms with Gasteiger partial charge in [-0.05, 0) is 99.3 Å². The molecule has 1 unspecified atom stereocenters. The Bertz CT molecular complexity index is 903. The third-order valence-electron chi connectivity index (χ3n) is 6.32. The largest absolute Gasteiger partial charge is 0.449 e. The van der Waals surface area contributed by atoms with Gasteiger partial charge in [0.1, 0.15) is 5.82 Å². The molecule has 2 aromatic carbocycles. The molecule has 2 aromatic rings. The summed E-state index contributed by atoms with van der Waals surface area (Å²) in [5, 5.41) is 0.652. The van der Waals surface area contributed by atoms with Crippen LogP contribution in [0.25, 0.3) is 0 Å². The van der Waals surface area contributed by atoms with E-state index in [1.54, 1.807) is 29.2 Å². The van der Waals surface area contributed by atoms with Crippen LogP contribution in [-0.4, -0.2) is 43.8 Å². The zero-order chi connectivity index (χ0) is 21.8. The number of cyclic esters (lactones) is 1. The van der Waals surface area contributed by atoms with Crippen LogP contribution in [-0.2, 0) is 11.2 Å². The van der Waals surface area contributed by atoms with Gasteiger partial charge in [-0.25, -0.2) is 9.18 Å². The Kier molecular flexibility index (Phi) is 7.51. The second-order valence-corrected chi connectivity index (χ2v) is 9.83. The van der Waals surface area contributed by atoms with E-state index in [4.69, 9.17) is 16.3 Å². The van der Waals surface area contributed by atoms with Crippen molar-refractivity contribution in [1.29, 1.82) is 0 Å². The molecule has 2 fully saturated rings. The normalized spacial score (nSPS) is 20.7. The van der Waals surface area contributed by atoms with E-state index in [0.29, 0.717) is 30.0 Å². The quantitative estimate of drug-likeness (QED) is 0.468. The first-order valence-corrected chi connectivity index (χ1v) is 12.0. The van der Waals surface area contributed by atoms with Crippen LogP contribution in [0.15, 0.2) is 46.9 Å². The Morgan fingerprint density at radius 2 is 1.84 bits per heavy atom. The van der Waals surface area contributed by atoms with E-state index in [9.17, 15) is 9.18 Å². The van der Waals surface area contributed by atoms with Crippen molar-refractivity contribution >= 4 is 39.3 Å². The lowest BCUT2D eigenvalue weighted by Crippen LogP contribution is -2.44. The number of halogens is 3. The number of hydrogen-bond acceptors (Lipinski definition) is 3. The lowest BCUT2D eigenvalue weighted by molar-refractivity contribution is 0.103. The van der Waals surface area contributed by atoms with Crippen molar-refractivity contribution in [3.63, 3.8) is 0 Å². The number of ether oxygens (including phenoxy) is 1. The fourth-order valence-electron chi connectivity index (χ4n) is 4.45. The molecule has 2 heterocycles. The Labute approximate surface area is 196 Å². The number of rotatable bonds is 6. The highest BCUT2D eigenvalue weighted by Gasteiger charge is 2.29. The molecule has 1 atom stereocenters. The summed E-state index contributed by atoms with van der Waals surface area (Å²) in [6, 6.07) is 12.2. The number of carbonyl (C=O) groups excluding carboxylic acids is 1. The second-order valence-electron chi connectivity index (χ2n) is 8.54. The van der Waals surface area contributed by atoms with E-state index in [0.717, 1.165) is 61.0 Å². The van der Waals surface area contributed by atoms with Crippen LogP contribution in [0.5, 0.6) is 0 Å². The molecular weight excluding hydrogens is 483 g/mol. The van der Waals surface area contributed by atoms with Gasteiger partial charge in [-0.2, -0.15) is 0 Å². The van der Waals surface area contributed by atoms with Crippen LogP contribution in [0, 0.1) is 17.7 Å². The standard InChI is InChI=1S/C24H27BrClFN2O2/c25-23-6-3-21(27)14-19(23)13-17-7-10-28(11-8-17)12-9-18-15-29(24(30)31-16-18)22-4-1-20(26)2-5-22/h1-6,14,17-18H,7-13,15-16H2. The van der Waals surface area contributed by atoms with Crippen molar-refractivity contribution in [2.24, 2.45) is 11.8 Å². The molecule has 4 nitrogen and oxygen atoms in total. The average Bonchev–Trinajstić information content (AvgIpc) is 2.77. The number of carbonyl (C=O) groups is 1. The molecule has 2 aliphatic rings. The van der Waals surface area contributed by atoms with E-state index < -0.39 is 0 Å². The summed E-state index contributed by atoms with van der Waals surface area (Å²) in [5.41, 5.74) is 1.88. The summed E-state index contributed by atoms with van der Waals surface area (Å²) in [7, 11) is 0. The lowest BCUT2D eigenvalue weighted by atomic mass is 9.90. The highest BCUT2D eigenvalue weighted by molar-refractivity contribution is 9.10. The van der Waals surface area contributed by atoms with Crippen molar-refractivity contribution in [3.8, 4) is 0 Å². The summed E-state index contributed by atoms with van der Waals surface area (Å²) in [6.45, 7) is 4.28. The number of anilines is 1. The first-order chi connectivity index (χ1) is 15.0. The minimum absolute atomic E-state index is 0.170. The lowest BCUT2D eigenvalue weighted by Gasteiger charge is -2.35. The maximum atomic E-state index is 13.5. The molecule has 0 bridgehead atoms. The van der Waals surface area contributed by atoms with E-state index >= 15 is 0 Å². The zero-order valence-electron chi connectivity index (χ0n) is 17.4. The van der Waals surface area contributed by atoms with Crippen LogP contribution in [0.2, 0.25) is 5.02 Å². The summed E-state index contributed by atoms with van der Waals surface area (Å²) in [6.07, 6.45) is 3.88. The van der Waals surface area contributed by atoms with Gasteiger partial charge in [0.15, 0.2) is 0 Å². The summed E-state index contributed by atoms with van der Waals surface area (Å²) in [4.78, 5) is 16.4. The Morgan fingerprint density at radius 1 is 1.10 bits per heavy atom. The number of piperidine rings is 1. The van der Waals surface area contributed by atoms with E-state index in [1.165, 1.54) is 6.07 Å². The Morgan fingerprint density at radius 3 is 2.58 bits per heavy atom. The zero-order valence-corrected chi connectivity index (χ0v) is 19.7. The second kappa shape index (κ2) is 10.3. The maximum Gasteiger partial charge on any atom is 0.414 e. The highest BCUT2D eigenvalue weighted by atomic mass is 79.9. The molecule has 1 amide bonds. The molecule has 0 saturated carbocycles. The first-order valence-electron chi connectivity index (χ1n) is 10.8. The number of hydrogen-bond donors (Lipinski definition) is 0. The number of benzene rings is 2. The maximum absolute atomic E-state index is 13.5. The molecule has 0 radical (unpaired) electrons. The van der Waals surface area contributed by atoms with Crippen LogP contribution in [0.3, 0.4) is 0 Å². The van der Waals surface area contributed by atoms with Crippen molar-refractivity contribution in [2.45, 2.75) is 25.7 Å². The highest BCUT2D eigenvalue weighted by Crippen LogP contribution is 2.28. The Hall–Kier alpha value is -1.63. The van der Waals surface area contributed by atoms with Gasteiger partial charge in [-0.15, -0.1) is 0 Å². The van der Waals surface area contributed by atoms with Crippen LogP contribution >= 0.6 is 27.5 Å². The van der Waals surface area contributed by atoms with Gasteiger partial charge in [-0.1, -0.05) is 27.5 Å². The van der Waals surface area contributed by atoms with Crippen molar-refractivity contribution < 1.29 is 13.9 Å². The molecule has 4 rings (SSSR count). The smallest absolute Gasteiger partial charge is 0.414 e. The number of nitrogens with zero attached hydrogens (tertiary/aromatic N) is 2. The van der Waals surface area contributed by atoms with Crippen molar-refractivity contribution in [2.75, 3.05) is 37.7 Å². The van der Waals surface area contributed by atoms with Gasteiger partial charge in [0.2, 0.25) is 0 Å². The molecule has 2 aliphatic heterocycles. The van der Waals surface area contributed by atoms with Gasteiger partial charge in [0, 0.05) is 27.6 Å². The minimum Gasteiger partial charge on any atom is -0.449 e. The molecule has 0 aliphatic carbocycles. The molecule has 166 valence electrons. The fraction of sp³-hybridized carbons (Fsp3) is 0.458. The van der Waals surface area contributed by atoms with Gasteiger partial charge >= 0.3 is 6.09 Å². The predicted octanol–water partition coefficient (Wildman–Crippen LogP) is 6.16. The molecule has 0 spiro atoms. The van der Waals surface area contributed by atoms with Crippen molar-refractivity contribution in [3.05, 3.63) is 63.3 Å². The van der Waals surface area contributed by atoms with Gasteiger partial charge < -0.3 is 9.64 Å². The van der Waals surface area contributed by atoms with E-state index in [1.807, 2.05) is 12.1 Å². The third kappa shape index (κ3) is 5.99. The monoisotopic (exact) mass is 508 g/mol. The van der Waals surface area contributed by atoms with E-state index in [2.05, 4.69) is 20.8 Å². The molecule has 0 N–H and O–H groups in total. The first kappa shape index (κ1) is 22.6. The average molecular weight is 510 g/mol. The molecule has 7 heteroatoms. The number of likely N-dealkylation sites (tertiary alicyclic amines) is 1.